The van der Waals surface area contributed by atoms with Gasteiger partial charge in [-0.3, -0.25) is 9.48 Å². The van der Waals surface area contributed by atoms with Crippen LogP contribution in [-0.2, 0) is 13.0 Å². The van der Waals surface area contributed by atoms with E-state index in [0.717, 1.165) is 41.9 Å². The second kappa shape index (κ2) is 10.1. The monoisotopic (exact) mass is 424 g/mol. The first-order valence-electron chi connectivity index (χ1n) is 10.8. The zero-order valence-corrected chi connectivity index (χ0v) is 18.5. The van der Waals surface area contributed by atoms with Crippen LogP contribution in [0.3, 0.4) is 0 Å². The van der Waals surface area contributed by atoms with Crippen LogP contribution < -0.4 is 5.32 Å². The van der Waals surface area contributed by atoms with E-state index in [2.05, 4.69) is 65.8 Å². The van der Waals surface area contributed by atoms with Crippen molar-refractivity contribution in [3.8, 4) is 11.1 Å². The number of amides is 1. The summed E-state index contributed by atoms with van der Waals surface area (Å²) in [6.07, 6.45) is 4.71. The van der Waals surface area contributed by atoms with Gasteiger partial charge < -0.3 is 10.2 Å². The van der Waals surface area contributed by atoms with Crippen LogP contribution in [0.1, 0.15) is 21.5 Å². The third-order valence-corrected chi connectivity index (χ3v) is 5.40. The molecule has 162 valence electrons. The minimum absolute atomic E-state index is 0.109. The molecule has 0 fully saturated rings. The van der Waals surface area contributed by atoms with Crippen molar-refractivity contribution < 1.29 is 4.79 Å². The smallest absolute Gasteiger partial charge is 0.256 e. The van der Waals surface area contributed by atoms with Gasteiger partial charge in [0.2, 0.25) is 0 Å². The molecule has 0 unspecified atom stereocenters. The van der Waals surface area contributed by atoms with Crippen LogP contribution in [0.4, 0.5) is 5.69 Å². The maximum atomic E-state index is 13.1. The molecule has 32 heavy (non-hydrogen) atoms. The van der Waals surface area contributed by atoms with E-state index in [-0.39, 0.29) is 5.91 Å². The summed E-state index contributed by atoms with van der Waals surface area (Å²) < 4.78 is 1.89. The van der Waals surface area contributed by atoms with Crippen molar-refractivity contribution in [3.05, 3.63) is 108 Å². The maximum absolute atomic E-state index is 13.1. The largest absolute Gasteiger partial charge is 0.322 e. The first-order valence-corrected chi connectivity index (χ1v) is 10.8. The Kier molecular flexibility index (Phi) is 6.78. The van der Waals surface area contributed by atoms with Gasteiger partial charge in [0, 0.05) is 30.2 Å². The van der Waals surface area contributed by atoms with Crippen molar-refractivity contribution in [2.45, 2.75) is 13.0 Å². The predicted molar refractivity (Wildman–Crippen MR) is 130 cm³/mol. The number of anilines is 1. The molecule has 4 rings (SSSR count). The number of carbonyl (C=O) groups excluding carboxylic acids is 1. The van der Waals surface area contributed by atoms with Crippen LogP contribution in [-0.4, -0.2) is 41.2 Å². The van der Waals surface area contributed by atoms with Crippen LogP contribution in [0.5, 0.6) is 0 Å². The van der Waals surface area contributed by atoms with Gasteiger partial charge in [-0.2, -0.15) is 5.10 Å². The molecule has 5 nitrogen and oxygen atoms in total. The van der Waals surface area contributed by atoms with Gasteiger partial charge in [-0.15, -0.1) is 0 Å². The number of nitrogens with one attached hydrogen (secondary N) is 1. The fourth-order valence-electron chi connectivity index (χ4n) is 3.61. The summed E-state index contributed by atoms with van der Waals surface area (Å²) in [5.74, 6) is -0.109. The summed E-state index contributed by atoms with van der Waals surface area (Å²) >= 11 is 0. The van der Waals surface area contributed by atoms with Gasteiger partial charge >= 0.3 is 0 Å². The van der Waals surface area contributed by atoms with E-state index >= 15 is 0 Å². The minimum atomic E-state index is -0.109. The molecule has 1 heterocycles. The summed E-state index contributed by atoms with van der Waals surface area (Å²) in [4.78, 5) is 15.2. The molecule has 0 saturated carbocycles. The van der Waals surface area contributed by atoms with Gasteiger partial charge in [-0.1, -0.05) is 54.6 Å². The van der Waals surface area contributed by atoms with E-state index in [1.54, 1.807) is 6.20 Å². The summed E-state index contributed by atoms with van der Waals surface area (Å²) in [6, 6.07) is 26.0. The van der Waals surface area contributed by atoms with Gasteiger partial charge in [0.25, 0.3) is 5.91 Å². The Morgan fingerprint density at radius 3 is 2.31 bits per heavy atom. The van der Waals surface area contributed by atoms with Crippen molar-refractivity contribution >= 4 is 11.6 Å². The van der Waals surface area contributed by atoms with Gasteiger partial charge in [0.15, 0.2) is 0 Å². The number of benzene rings is 3. The summed E-state index contributed by atoms with van der Waals surface area (Å²) in [5, 5.41) is 7.29. The molecule has 0 aliphatic carbocycles. The van der Waals surface area contributed by atoms with Crippen LogP contribution >= 0.6 is 0 Å². The predicted octanol–water partition coefficient (Wildman–Crippen LogP) is 4.95. The molecule has 0 bridgehead atoms. The third kappa shape index (κ3) is 5.50. The lowest BCUT2D eigenvalue weighted by Gasteiger charge is -2.12. The molecule has 5 heteroatoms. The minimum Gasteiger partial charge on any atom is -0.322 e. The van der Waals surface area contributed by atoms with Crippen molar-refractivity contribution in [3.63, 3.8) is 0 Å². The van der Waals surface area contributed by atoms with Gasteiger partial charge in [0.1, 0.15) is 0 Å². The number of likely N-dealkylation sites (N-methyl/N-ethyl adjacent to an activating group) is 1. The fraction of sp³-hybridized carbons (Fsp3) is 0.185. The Hall–Kier alpha value is -3.70. The first-order chi connectivity index (χ1) is 15.6. The van der Waals surface area contributed by atoms with Gasteiger partial charge in [-0.25, -0.2) is 0 Å². The van der Waals surface area contributed by atoms with Gasteiger partial charge in [0.05, 0.1) is 6.54 Å². The Bertz CT molecular complexity index is 1150. The molecular formula is C27H28N4O. The zero-order valence-electron chi connectivity index (χ0n) is 18.5. The molecule has 0 aliphatic rings. The summed E-state index contributed by atoms with van der Waals surface area (Å²) in [6.45, 7) is 1.72. The van der Waals surface area contributed by atoms with E-state index in [0.29, 0.717) is 5.56 Å². The van der Waals surface area contributed by atoms with E-state index < -0.39 is 0 Å². The lowest BCUT2D eigenvalue weighted by Crippen LogP contribution is -2.15. The quantitative estimate of drug-likeness (QED) is 0.435. The highest BCUT2D eigenvalue weighted by Gasteiger charge is 2.13. The maximum Gasteiger partial charge on any atom is 0.256 e. The molecule has 4 aromatic rings. The first kappa shape index (κ1) is 21.5. The zero-order chi connectivity index (χ0) is 22.3. The Morgan fingerprint density at radius 1 is 0.906 bits per heavy atom. The molecular weight excluding hydrogens is 396 g/mol. The highest BCUT2D eigenvalue weighted by atomic mass is 16.1. The average Bonchev–Trinajstić information content (AvgIpc) is 3.32. The average molecular weight is 425 g/mol. The highest BCUT2D eigenvalue weighted by Crippen LogP contribution is 2.25. The third-order valence-electron chi connectivity index (χ3n) is 5.40. The Balaban J connectivity index is 1.47. The molecule has 1 amide bonds. The van der Waals surface area contributed by atoms with Crippen molar-refractivity contribution in [1.82, 2.24) is 14.7 Å². The fourth-order valence-corrected chi connectivity index (χ4v) is 3.61. The molecule has 0 spiro atoms. The molecule has 3 aromatic carbocycles. The number of hydrogen-bond acceptors (Lipinski definition) is 3. The molecule has 1 aromatic heterocycles. The molecule has 0 radical (unpaired) electrons. The van der Waals surface area contributed by atoms with Crippen LogP contribution in [0.2, 0.25) is 0 Å². The number of rotatable bonds is 8. The number of hydrogen-bond donors (Lipinski definition) is 1. The van der Waals surface area contributed by atoms with Crippen LogP contribution in [0.25, 0.3) is 11.1 Å². The second-order valence-corrected chi connectivity index (χ2v) is 8.15. The van der Waals surface area contributed by atoms with Crippen molar-refractivity contribution in [1.29, 1.82) is 0 Å². The lowest BCUT2D eigenvalue weighted by atomic mass is 9.98. The summed E-state index contributed by atoms with van der Waals surface area (Å²) in [7, 11) is 4.14. The van der Waals surface area contributed by atoms with Crippen molar-refractivity contribution in [2.24, 2.45) is 0 Å². The summed E-state index contributed by atoms with van der Waals surface area (Å²) in [5.41, 5.74) is 5.80. The Morgan fingerprint density at radius 2 is 1.62 bits per heavy atom. The highest BCUT2D eigenvalue weighted by molar-refractivity contribution is 6.08. The SMILES string of the molecule is CN(C)CCc1ccc(NC(=O)c2ccccc2-c2ccc(Cn3cccn3)cc2)cc1. The normalized spacial score (nSPS) is 11.0. The van der Waals surface area contributed by atoms with Crippen LogP contribution in [0.15, 0.2) is 91.3 Å². The number of aromatic nitrogens is 2. The lowest BCUT2D eigenvalue weighted by molar-refractivity contribution is 0.102. The molecule has 0 aliphatic heterocycles. The van der Waals surface area contributed by atoms with E-state index in [1.807, 2.05) is 53.3 Å². The number of carbonyl (C=O) groups is 1. The molecule has 0 saturated heterocycles. The van der Waals surface area contributed by atoms with Gasteiger partial charge in [-0.05, 0) is 67.0 Å². The van der Waals surface area contributed by atoms with Crippen molar-refractivity contribution in [2.75, 3.05) is 26.0 Å². The van der Waals surface area contributed by atoms with E-state index in [4.69, 9.17) is 0 Å². The number of nitrogens with zero attached hydrogens (tertiary/aromatic N) is 3. The van der Waals surface area contributed by atoms with Crippen LogP contribution in [0, 0.1) is 0 Å². The Labute approximate surface area is 189 Å². The second-order valence-electron chi connectivity index (χ2n) is 8.15. The van der Waals surface area contributed by atoms with E-state index in [9.17, 15) is 4.79 Å². The molecule has 1 N–H and O–H groups in total. The van der Waals surface area contributed by atoms with E-state index in [1.165, 1.54) is 5.56 Å². The molecule has 0 atom stereocenters. The standard InChI is InChI=1S/C27H28N4O/c1-30(2)19-16-21-10-14-24(15-11-21)29-27(32)26-7-4-3-6-25(26)23-12-8-22(9-13-23)20-31-18-5-17-28-31/h3-15,17-18H,16,19-20H2,1-2H3,(H,29,32). The topological polar surface area (TPSA) is 50.2 Å².